The zero-order chi connectivity index (χ0) is 12.5. The number of nitrogen functional groups attached to an aromatic ring is 1. The molecule has 0 aliphatic rings. The maximum absolute atomic E-state index is 5.95. The van der Waals surface area contributed by atoms with Crippen molar-refractivity contribution in [3.63, 3.8) is 0 Å². The van der Waals surface area contributed by atoms with Crippen molar-refractivity contribution in [2.45, 2.75) is 13.5 Å². The lowest BCUT2D eigenvalue weighted by Gasteiger charge is -2.10. The van der Waals surface area contributed by atoms with Crippen molar-refractivity contribution in [1.29, 1.82) is 0 Å². The Morgan fingerprint density at radius 2 is 1.83 bits per heavy atom. The maximum atomic E-state index is 5.95. The monoisotopic (exact) mass is 236 g/mol. The third-order valence-corrected chi connectivity index (χ3v) is 3.51. The highest BCUT2D eigenvalue weighted by Crippen LogP contribution is 2.20. The third-order valence-electron chi connectivity index (χ3n) is 3.51. The normalized spacial score (nSPS) is 10.9. The van der Waals surface area contributed by atoms with Gasteiger partial charge in [-0.1, -0.05) is 30.3 Å². The molecule has 0 bridgehead atoms. The Balaban J connectivity index is 2.04. The number of benzene rings is 2. The number of fused-ring (bicyclic) bond motifs is 1. The predicted molar refractivity (Wildman–Crippen MR) is 76.6 cm³/mol. The van der Waals surface area contributed by atoms with Crippen LogP contribution in [-0.2, 0) is 6.54 Å². The van der Waals surface area contributed by atoms with Crippen LogP contribution in [-0.4, -0.2) is 4.57 Å². The van der Waals surface area contributed by atoms with Crippen molar-refractivity contribution in [2.75, 3.05) is 5.73 Å². The van der Waals surface area contributed by atoms with Crippen LogP contribution >= 0.6 is 0 Å². The number of anilines is 1. The van der Waals surface area contributed by atoms with Crippen LogP contribution in [0.3, 0.4) is 0 Å². The van der Waals surface area contributed by atoms with E-state index >= 15 is 0 Å². The highest BCUT2D eigenvalue weighted by atomic mass is 14.9. The molecule has 0 unspecified atom stereocenters. The van der Waals surface area contributed by atoms with Gasteiger partial charge in [0, 0.05) is 23.9 Å². The summed E-state index contributed by atoms with van der Waals surface area (Å²) >= 11 is 0. The number of rotatable bonds is 2. The van der Waals surface area contributed by atoms with Crippen LogP contribution in [0.1, 0.15) is 11.1 Å². The number of aromatic nitrogens is 1. The summed E-state index contributed by atoms with van der Waals surface area (Å²) in [7, 11) is 0. The second-order valence-electron chi connectivity index (χ2n) is 4.63. The first-order valence-electron chi connectivity index (χ1n) is 6.13. The van der Waals surface area contributed by atoms with Crippen LogP contribution in [0.2, 0.25) is 0 Å². The molecule has 0 atom stereocenters. The summed E-state index contributed by atoms with van der Waals surface area (Å²) in [6.07, 6.45) is 2.13. The lowest BCUT2D eigenvalue weighted by molar-refractivity contribution is 0.831. The Morgan fingerprint density at radius 1 is 1.00 bits per heavy atom. The minimum absolute atomic E-state index is 0.865. The summed E-state index contributed by atoms with van der Waals surface area (Å²) in [5, 5.41) is 1.28. The van der Waals surface area contributed by atoms with Crippen molar-refractivity contribution in [3.05, 3.63) is 65.9 Å². The molecule has 18 heavy (non-hydrogen) atoms. The Morgan fingerprint density at radius 3 is 2.72 bits per heavy atom. The Bertz CT molecular complexity index is 695. The van der Waals surface area contributed by atoms with Gasteiger partial charge in [-0.15, -0.1) is 0 Å². The summed E-state index contributed by atoms with van der Waals surface area (Å²) in [6.45, 7) is 2.95. The Kier molecular flexibility index (Phi) is 2.56. The van der Waals surface area contributed by atoms with E-state index in [1.54, 1.807) is 0 Å². The fraction of sp³-hybridized carbons (Fsp3) is 0.125. The van der Waals surface area contributed by atoms with Crippen LogP contribution in [0, 0.1) is 6.92 Å². The first kappa shape index (κ1) is 10.9. The molecule has 2 nitrogen and oxygen atoms in total. The molecule has 1 aromatic heterocycles. The molecule has 0 spiro atoms. The number of hydrogen-bond donors (Lipinski definition) is 1. The summed E-state index contributed by atoms with van der Waals surface area (Å²) in [4.78, 5) is 0. The molecule has 0 aliphatic carbocycles. The largest absolute Gasteiger partial charge is 0.399 e. The molecule has 0 fully saturated rings. The minimum atomic E-state index is 0.865. The standard InChI is InChI=1S/C16H16N2/c1-12-14(6-4-7-15(12)17)11-18-10-9-13-5-2-3-8-16(13)18/h2-10H,11,17H2,1H3. The molecular formula is C16H16N2. The van der Waals surface area contributed by atoms with Crippen molar-refractivity contribution < 1.29 is 0 Å². The maximum Gasteiger partial charge on any atom is 0.0483 e. The first-order chi connectivity index (χ1) is 8.75. The summed E-state index contributed by atoms with van der Waals surface area (Å²) in [5.41, 5.74) is 10.5. The first-order valence-corrected chi connectivity index (χ1v) is 6.13. The topological polar surface area (TPSA) is 30.9 Å². The molecule has 0 amide bonds. The van der Waals surface area contributed by atoms with Gasteiger partial charge in [-0.05, 0) is 41.6 Å². The van der Waals surface area contributed by atoms with Gasteiger partial charge in [-0.2, -0.15) is 0 Å². The lowest BCUT2D eigenvalue weighted by Crippen LogP contribution is -2.02. The van der Waals surface area contributed by atoms with E-state index in [2.05, 4.69) is 54.1 Å². The van der Waals surface area contributed by atoms with Gasteiger partial charge in [-0.25, -0.2) is 0 Å². The molecule has 2 aromatic carbocycles. The van der Waals surface area contributed by atoms with Gasteiger partial charge < -0.3 is 10.3 Å². The third kappa shape index (κ3) is 1.76. The lowest BCUT2D eigenvalue weighted by atomic mass is 10.1. The van der Waals surface area contributed by atoms with Crippen molar-refractivity contribution in [2.24, 2.45) is 0 Å². The smallest absolute Gasteiger partial charge is 0.0483 e. The van der Waals surface area contributed by atoms with Crippen LogP contribution in [0.15, 0.2) is 54.7 Å². The Hall–Kier alpha value is -2.22. The van der Waals surface area contributed by atoms with Crippen LogP contribution in [0.25, 0.3) is 10.9 Å². The van der Waals surface area contributed by atoms with E-state index in [1.807, 2.05) is 12.1 Å². The van der Waals surface area contributed by atoms with Crippen molar-refractivity contribution in [3.8, 4) is 0 Å². The molecule has 0 radical (unpaired) electrons. The second-order valence-corrected chi connectivity index (χ2v) is 4.63. The average Bonchev–Trinajstić information content (AvgIpc) is 2.79. The van der Waals surface area contributed by atoms with E-state index in [4.69, 9.17) is 5.73 Å². The van der Waals surface area contributed by atoms with Crippen molar-refractivity contribution >= 4 is 16.6 Å². The van der Waals surface area contributed by atoms with Crippen LogP contribution < -0.4 is 5.73 Å². The molecular weight excluding hydrogens is 220 g/mol. The number of para-hydroxylation sites is 1. The van der Waals surface area contributed by atoms with Crippen molar-refractivity contribution in [1.82, 2.24) is 4.57 Å². The minimum Gasteiger partial charge on any atom is -0.399 e. The molecule has 0 saturated carbocycles. The van der Waals surface area contributed by atoms with Gasteiger partial charge >= 0.3 is 0 Å². The predicted octanol–water partition coefficient (Wildman–Crippen LogP) is 3.58. The highest BCUT2D eigenvalue weighted by molar-refractivity contribution is 5.80. The van der Waals surface area contributed by atoms with Crippen LogP contribution in [0.4, 0.5) is 5.69 Å². The second kappa shape index (κ2) is 4.22. The van der Waals surface area contributed by atoms with E-state index in [0.717, 1.165) is 12.2 Å². The highest BCUT2D eigenvalue weighted by Gasteiger charge is 2.04. The van der Waals surface area contributed by atoms with Gasteiger partial charge in [0.2, 0.25) is 0 Å². The van der Waals surface area contributed by atoms with E-state index in [9.17, 15) is 0 Å². The van der Waals surface area contributed by atoms with Gasteiger partial charge in [0.1, 0.15) is 0 Å². The quantitative estimate of drug-likeness (QED) is 0.677. The Labute approximate surface area is 107 Å². The van der Waals surface area contributed by atoms with Gasteiger partial charge in [-0.3, -0.25) is 0 Å². The molecule has 3 aromatic rings. The molecule has 0 saturated heterocycles. The summed E-state index contributed by atoms with van der Waals surface area (Å²) < 4.78 is 2.26. The van der Waals surface area contributed by atoms with Gasteiger partial charge in [0.15, 0.2) is 0 Å². The van der Waals surface area contributed by atoms with E-state index in [0.29, 0.717) is 0 Å². The number of hydrogen-bond acceptors (Lipinski definition) is 1. The fourth-order valence-corrected chi connectivity index (χ4v) is 2.34. The molecule has 2 heteroatoms. The van der Waals surface area contributed by atoms with Gasteiger partial charge in [0.25, 0.3) is 0 Å². The zero-order valence-corrected chi connectivity index (χ0v) is 10.4. The van der Waals surface area contributed by atoms with Gasteiger partial charge in [0.05, 0.1) is 0 Å². The molecule has 3 rings (SSSR count). The number of nitrogens with two attached hydrogens (primary N) is 1. The van der Waals surface area contributed by atoms with E-state index < -0.39 is 0 Å². The average molecular weight is 236 g/mol. The van der Waals surface area contributed by atoms with E-state index in [1.165, 1.54) is 22.0 Å². The fourth-order valence-electron chi connectivity index (χ4n) is 2.34. The summed E-state index contributed by atoms with van der Waals surface area (Å²) in [6, 6.07) is 16.7. The SMILES string of the molecule is Cc1c(N)cccc1Cn1ccc2ccccc21. The molecule has 2 N–H and O–H groups in total. The molecule has 0 aliphatic heterocycles. The molecule has 90 valence electrons. The number of nitrogens with zero attached hydrogens (tertiary/aromatic N) is 1. The molecule has 1 heterocycles. The van der Waals surface area contributed by atoms with Crippen LogP contribution in [0.5, 0.6) is 0 Å². The zero-order valence-electron chi connectivity index (χ0n) is 10.4. The summed E-state index contributed by atoms with van der Waals surface area (Å²) in [5.74, 6) is 0. The van der Waals surface area contributed by atoms with E-state index in [-0.39, 0.29) is 0 Å².